The van der Waals surface area contributed by atoms with Crippen LogP contribution in [0.2, 0.25) is 0 Å². The van der Waals surface area contributed by atoms with Gasteiger partial charge in [0.05, 0.1) is 5.69 Å². The molecule has 1 aliphatic carbocycles. The Hall–Kier alpha value is -2.04. The molecule has 1 heterocycles. The molecule has 1 aromatic rings. The third kappa shape index (κ3) is 3.08. The third-order valence-corrected chi connectivity index (χ3v) is 4.01. The second-order valence-corrected chi connectivity index (χ2v) is 7.04. The van der Waals surface area contributed by atoms with Gasteiger partial charge in [0.1, 0.15) is 12.3 Å². The SMILES string of the molecule is CC(C)(C)c1ccc2c(c1)N(CC(=O)NC1CC1)C(=O)CO2. The monoisotopic (exact) mass is 302 g/mol. The average Bonchev–Trinajstić information content (AvgIpc) is 3.24. The Morgan fingerprint density at radius 1 is 1.36 bits per heavy atom. The first-order valence-corrected chi connectivity index (χ1v) is 7.71. The Labute approximate surface area is 130 Å². The minimum Gasteiger partial charge on any atom is -0.482 e. The molecule has 0 bridgehead atoms. The first-order valence-electron chi connectivity index (χ1n) is 7.71. The van der Waals surface area contributed by atoms with Crippen LogP contribution >= 0.6 is 0 Å². The van der Waals surface area contributed by atoms with Gasteiger partial charge < -0.3 is 10.1 Å². The number of carbonyl (C=O) groups is 2. The molecule has 5 heteroatoms. The molecule has 0 aromatic heterocycles. The van der Waals surface area contributed by atoms with Gasteiger partial charge in [0, 0.05) is 6.04 Å². The number of rotatable bonds is 3. The Morgan fingerprint density at radius 3 is 2.73 bits per heavy atom. The lowest BCUT2D eigenvalue weighted by Crippen LogP contribution is -2.45. The van der Waals surface area contributed by atoms with E-state index in [2.05, 4.69) is 26.1 Å². The summed E-state index contributed by atoms with van der Waals surface area (Å²) in [5.41, 5.74) is 1.77. The van der Waals surface area contributed by atoms with Gasteiger partial charge >= 0.3 is 0 Å². The number of carbonyl (C=O) groups excluding carboxylic acids is 2. The summed E-state index contributed by atoms with van der Waals surface area (Å²) in [5, 5.41) is 2.92. The molecule has 0 radical (unpaired) electrons. The molecule has 0 atom stereocenters. The molecule has 3 rings (SSSR count). The maximum absolute atomic E-state index is 12.2. The van der Waals surface area contributed by atoms with Crippen molar-refractivity contribution in [2.24, 2.45) is 0 Å². The van der Waals surface area contributed by atoms with E-state index in [0.717, 1.165) is 18.4 Å². The van der Waals surface area contributed by atoms with Gasteiger partial charge in [0.25, 0.3) is 5.91 Å². The second-order valence-electron chi connectivity index (χ2n) is 7.04. The molecule has 1 aromatic carbocycles. The fourth-order valence-corrected chi connectivity index (χ4v) is 2.49. The zero-order valence-electron chi connectivity index (χ0n) is 13.3. The lowest BCUT2D eigenvalue weighted by molar-refractivity contribution is -0.125. The predicted octanol–water partition coefficient (Wildman–Crippen LogP) is 1.99. The molecular weight excluding hydrogens is 280 g/mol. The topological polar surface area (TPSA) is 58.6 Å². The molecule has 22 heavy (non-hydrogen) atoms. The largest absolute Gasteiger partial charge is 0.482 e. The molecular formula is C17H22N2O3. The van der Waals surface area contributed by atoms with Crippen LogP contribution < -0.4 is 15.0 Å². The van der Waals surface area contributed by atoms with Crippen LogP contribution in [0.1, 0.15) is 39.2 Å². The van der Waals surface area contributed by atoms with E-state index in [0.29, 0.717) is 17.5 Å². The van der Waals surface area contributed by atoms with Gasteiger partial charge in [-0.25, -0.2) is 0 Å². The van der Waals surface area contributed by atoms with E-state index in [-0.39, 0.29) is 30.4 Å². The van der Waals surface area contributed by atoms with E-state index in [1.807, 2.05) is 18.2 Å². The Bertz CT molecular complexity index is 615. The third-order valence-electron chi connectivity index (χ3n) is 4.01. The highest BCUT2D eigenvalue weighted by Crippen LogP contribution is 2.36. The number of nitrogens with one attached hydrogen (secondary N) is 1. The van der Waals surface area contributed by atoms with E-state index in [1.54, 1.807) is 0 Å². The molecule has 0 saturated heterocycles. The van der Waals surface area contributed by atoms with E-state index >= 15 is 0 Å². The lowest BCUT2D eigenvalue weighted by atomic mass is 9.86. The molecule has 0 unspecified atom stereocenters. The van der Waals surface area contributed by atoms with E-state index in [1.165, 1.54) is 4.90 Å². The number of benzene rings is 1. The summed E-state index contributed by atoms with van der Waals surface area (Å²) >= 11 is 0. The standard InChI is InChI=1S/C17H22N2O3/c1-17(2,3)11-4-7-14-13(8-11)19(16(21)10-22-14)9-15(20)18-12-5-6-12/h4,7-8,12H,5-6,9-10H2,1-3H3,(H,18,20). The van der Waals surface area contributed by atoms with Crippen molar-refractivity contribution in [2.45, 2.75) is 45.1 Å². The summed E-state index contributed by atoms with van der Waals surface area (Å²) in [6, 6.07) is 6.14. The van der Waals surface area contributed by atoms with Crippen molar-refractivity contribution in [1.82, 2.24) is 5.32 Å². The summed E-state index contributed by atoms with van der Waals surface area (Å²) in [5.74, 6) is 0.376. The number of ether oxygens (including phenoxy) is 1. The Morgan fingerprint density at radius 2 is 2.09 bits per heavy atom. The number of hydrogen-bond acceptors (Lipinski definition) is 3. The molecule has 1 N–H and O–H groups in total. The number of nitrogens with zero attached hydrogens (tertiary/aromatic N) is 1. The minimum absolute atomic E-state index is 0.0153. The Kier molecular flexibility index (Phi) is 3.59. The van der Waals surface area contributed by atoms with Crippen molar-refractivity contribution in [3.63, 3.8) is 0 Å². The van der Waals surface area contributed by atoms with Gasteiger partial charge in [0.15, 0.2) is 6.61 Å². The zero-order valence-corrected chi connectivity index (χ0v) is 13.3. The summed E-state index contributed by atoms with van der Waals surface area (Å²) in [6.45, 7) is 6.39. The number of hydrogen-bond donors (Lipinski definition) is 1. The highest BCUT2D eigenvalue weighted by Gasteiger charge is 2.30. The molecule has 118 valence electrons. The van der Waals surface area contributed by atoms with Crippen LogP contribution in [0.25, 0.3) is 0 Å². The lowest BCUT2D eigenvalue weighted by Gasteiger charge is -2.31. The van der Waals surface area contributed by atoms with E-state index < -0.39 is 0 Å². The first-order chi connectivity index (χ1) is 10.3. The first kappa shape index (κ1) is 14.9. The quantitative estimate of drug-likeness (QED) is 0.929. The van der Waals surface area contributed by atoms with Crippen LogP contribution in [-0.2, 0) is 15.0 Å². The predicted molar refractivity (Wildman–Crippen MR) is 84.2 cm³/mol. The molecule has 2 amide bonds. The van der Waals surface area contributed by atoms with Crippen molar-refractivity contribution < 1.29 is 14.3 Å². The van der Waals surface area contributed by atoms with Crippen molar-refractivity contribution in [1.29, 1.82) is 0 Å². The summed E-state index contributed by atoms with van der Waals surface area (Å²) in [7, 11) is 0. The van der Waals surface area contributed by atoms with Crippen LogP contribution in [0.5, 0.6) is 5.75 Å². The van der Waals surface area contributed by atoms with Crippen LogP contribution in [0.3, 0.4) is 0 Å². The van der Waals surface area contributed by atoms with Crippen molar-refractivity contribution in [3.05, 3.63) is 23.8 Å². The second kappa shape index (κ2) is 5.30. The van der Waals surface area contributed by atoms with E-state index in [9.17, 15) is 9.59 Å². The summed E-state index contributed by atoms with van der Waals surface area (Å²) in [4.78, 5) is 25.8. The highest BCUT2D eigenvalue weighted by molar-refractivity contribution is 6.02. The maximum Gasteiger partial charge on any atom is 0.265 e. The van der Waals surface area contributed by atoms with Crippen LogP contribution in [-0.4, -0.2) is 31.0 Å². The highest BCUT2D eigenvalue weighted by atomic mass is 16.5. The van der Waals surface area contributed by atoms with Gasteiger partial charge in [-0.15, -0.1) is 0 Å². The van der Waals surface area contributed by atoms with Gasteiger partial charge in [0.2, 0.25) is 5.91 Å². The fourth-order valence-electron chi connectivity index (χ4n) is 2.49. The van der Waals surface area contributed by atoms with Crippen LogP contribution in [0, 0.1) is 0 Å². The number of fused-ring (bicyclic) bond motifs is 1. The average molecular weight is 302 g/mol. The van der Waals surface area contributed by atoms with Crippen LogP contribution in [0.15, 0.2) is 18.2 Å². The van der Waals surface area contributed by atoms with E-state index in [4.69, 9.17) is 4.74 Å². The fraction of sp³-hybridized carbons (Fsp3) is 0.529. The summed E-state index contributed by atoms with van der Waals surface area (Å²) in [6.07, 6.45) is 2.07. The van der Waals surface area contributed by atoms with Gasteiger partial charge in [-0.3, -0.25) is 14.5 Å². The van der Waals surface area contributed by atoms with Crippen molar-refractivity contribution in [3.8, 4) is 5.75 Å². The van der Waals surface area contributed by atoms with Gasteiger partial charge in [-0.2, -0.15) is 0 Å². The Balaban J connectivity index is 1.87. The number of amides is 2. The smallest absolute Gasteiger partial charge is 0.265 e. The maximum atomic E-state index is 12.2. The molecule has 1 fully saturated rings. The van der Waals surface area contributed by atoms with Crippen molar-refractivity contribution in [2.75, 3.05) is 18.1 Å². The zero-order chi connectivity index (χ0) is 15.9. The molecule has 0 spiro atoms. The molecule has 5 nitrogen and oxygen atoms in total. The molecule has 1 aliphatic heterocycles. The molecule has 1 saturated carbocycles. The normalized spacial score (nSPS) is 17.8. The minimum atomic E-state index is -0.176. The van der Waals surface area contributed by atoms with Gasteiger partial charge in [-0.1, -0.05) is 26.8 Å². The van der Waals surface area contributed by atoms with Crippen molar-refractivity contribution >= 4 is 17.5 Å². The molecule has 2 aliphatic rings. The van der Waals surface area contributed by atoms with Gasteiger partial charge in [-0.05, 0) is 36.0 Å². The number of anilines is 1. The van der Waals surface area contributed by atoms with Crippen LogP contribution in [0.4, 0.5) is 5.69 Å². The summed E-state index contributed by atoms with van der Waals surface area (Å²) < 4.78 is 5.49.